The van der Waals surface area contributed by atoms with Gasteiger partial charge in [0, 0.05) is 0 Å². The third kappa shape index (κ3) is 5.64. The molecule has 0 bridgehead atoms. The molecule has 0 aromatic carbocycles. The Morgan fingerprint density at radius 2 is 1.77 bits per heavy atom. The van der Waals surface area contributed by atoms with Crippen LogP contribution in [0.4, 0.5) is 0 Å². The average molecular weight is 188 g/mol. The Kier molecular flexibility index (Phi) is 6.59. The molecule has 78 valence electrons. The van der Waals surface area contributed by atoms with Gasteiger partial charge < -0.3 is 10.2 Å². The topological polar surface area (TPSA) is 57.5 Å². The van der Waals surface area contributed by atoms with Gasteiger partial charge in [-0.2, -0.15) is 0 Å². The molecule has 0 aliphatic rings. The van der Waals surface area contributed by atoms with Gasteiger partial charge in [-0.3, -0.25) is 0 Å². The predicted octanol–water partition coefficient (Wildman–Crippen LogP) is 2.04. The van der Waals surface area contributed by atoms with E-state index in [0.717, 1.165) is 25.7 Å². The highest BCUT2D eigenvalue weighted by Gasteiger charge is 2.13. The smallest absolute Gasteiger partial charge is 0.332 e. The number of carboxylic acid groups (broad SMARTS) is 1. The van der Waals surface area contributed by atoms with Crippen molar-refractivity contribution in [3.05, 3.63) is 0 Å². The van der Waals surface area contributed by atoms with Crippen molar-refractivity contribution < 1.29 is 15.0 Å². The van der Waals surface area contributed by atoms with Crippen LogP contribution in [0.2, 0.25) is 0 Å². The monoisotopic (exact) mass is 188 g/mol. The highest BCUT2D eigenvalue weighted by molar-refractivity contribution is 5.71. The first-order chi connectivity index (χ1) is 6.11. The summed E-state index contributed by atoms with van der Waals surface area (Å²) in [4.78, 5) is 10.3. The fourth-order valence-electron chi connectivity index (χ4n) is 1.42. The molecule has 1 atom stereocenters. The zero-order valence-corrected chi connectivity index (χ0v) is 8.49. The molecule has 0 saturated carbocycles. The lowest BCUT2D eigenvalue weighted by Gasteiger charge is -2.12. The van der Waals surface area contributed by atoms with Crippen LogP contribution in [0.3, 0.4) is 0 Å². The zero-order valence-electron chi connectivity index (χ0n) is 8.49. The molecule has 0 rings (SSSR count). The summed E-state index contributed by atoms with van der Waals surface area (Å²) in [6, 6.07) is 0. The first kappa shape index (κ1) is 12.4. The molecule has 0 amide bonds. The second-order valence-corrected chi connectivity index (χ2v) is 3.47. The minimum absolute atomic E-state index is 0.381. The van der Waals surface area contributed by atoms with E-state index in [2.05, 4.69) is 13.8 Å². The van der Waals surface area contributed by atoms with Crippen LogP contribution in [0.5, 0.6) is 0 Å². The van der Waals surface area contributed by atoms with Gasteiger partial charge in [0.15, 0.2) is 6.10 Å². The molecule has 0 aromatic heterocycles. The number of aliphatic carboxylic acids is 1. The van der Waals surface area contributed by atoms with Gasteiger partial charge in [0.2, 0.25) is 0 Å². The summed E-state index contributed by atoms with van der Waals surface area (Å²) in [5, 5.41) is 17.4. The van der Waals surface area contributed by atoms with Crippen LogP contribution in [-0.2, 0) is 4.79 Å². The number of hydrogen-bond acceptors (Lipinski definition) is 2. The Bertz CT molecular complexity index is 141. The van der Waals surface area contributed by atoms with Crippen LogP contribution in [-0.4, -0.2) is 22.3 Å². The van der Waals surface area contributed by atoms with Crippen molar-refractivity contribution in [2.24, 2.45) is 5.92 Å². The number of aliphatic hydroxyl groups is 1. The standard InChI is InChI=1S/C10H20O3/c1-3-8(4-2)6-5-7-9(11)10(12)13/h8-9,11H,3-7H2,1-2H3,(H,12,13). The largest absolute Gasteiger partial charge is 0.479 e. The lowest BCUT2D eigenvalue weighted by atomic mass is 9.96. The van der Waals surface area contributed by atoms with Crippen LogP contribution in [0, 0.1) is 5.92 Å². The van der Waals surface area contributed by atoms with Gasteiger partial charge in [0.1, 0.15) is 0 Å². The number of carbonyl (C=O) groups is 1. The van der Waals surface area contributed by atoms with Crippen molar-refractivity contribution in [1.82, 2.24) is 0 Å². The molecule has 1 unspecified atom stereocenters. The molecule has 0 radical (unpaired) electrons. The summed E-state index contributed by atoms with van der Waals surface area (Å²) in [5.74, 6) is -0.425. The second-order valence-electron chi connectivity index (χ2n) is 3.47. The maximum Gasteiger partial charge on any atom is 0.332 e. The molecule has 3 nitrogen and oxygen atoms in total. The van der Waals surface area contributed by atoms with E-state index >= 15 is 0 Å². The van der Waals surface area contributed by atoms with Crippen LogP contribution in [0.15, 0.2) is 0 Å². The lowest BCUT2D eigenvalue weighted by Crippen LogP contribution is -2.19. The SMILES string of the molecule is CCC(CC)CCCC(O)C(=O)O. The number of rotatable bonds is 7. The van der Waals surface area contributed by atoms with Crippen LogP contribution in [0.1, 0.15) is 46.0 Å². The highest BCUT2D eigenvalue weighted by atomic mass is 16.4. The van der Waals surface area contributed by atoms with Gasteiger partial charge in [-0.05, 0) is 18.8 Å². The molecule has 13 heavy (non-hydrogen) atoms. The van der Waals surface area contributed by atoms with Crippen LogP contribution < -0.4 is 0 Å². The first-order valence-corrected chi connectivity index (χ1v) is 5.02. The molecule has 3 heteroatoms. The van der Waals surface area contributed by atoms with Crippen molar-refractivity contribution >= 4 is 5.97 Å². The normalized spacial score (nSPS) is 13.2. The molecular weight excluding hydrogens is 168 g/mol. The van der Waals surface area contributed by atoms with E-state index in [-0.39, 0.29) is 0 Å². The van der Waals surface area contributed by atoms with E-state index in [1.165, 1.54) is 0 Å². The van der Waals surface area contributed by atoms with Crippen molar-refractivity contribution in [2.45, 2.75) is 52.1 Å². The molecule has 0 aromatic rings. The summed E-state index contributed by atoms with van der Waals surface area (Å²) in [6.07, 6.45) is 3.32. The molecule has 0 aliphatic carbocycles. The molecule has 0 heterocycles. The van der Waals surface area contributed by atoms with Crippen LogP contribution in [0.25, 0.3) is 0 Å². The number of carboxylic acids is 1. The van der Waals surface area contributed by atoms with E-state index in [4.69, 9.17) is 10.2 Å². The fourth-order valence-corrected chi connectivity index (χ4v) is 1.42. The maximum atomic E-state index is 10.3. The Labute approximate surface area is 79.8 Å². The Balaban J connectivity index is 3.48. The zero-order chi connectivity index (χ0) is 10.3. The first-order valence-electron chi connectivity index (χ1n) is 5.02. The summed E-state index contributed by atoms with van der Waals surface area (Å²) in [6.45, 7) is 4.28. The van der Waals surface area contributed by atoms with Crippen molar-refractivity contribution in [3.8, 4) is 0 Å². The summed E-state index contributed by atoms with van der Waals surface area (Å²) >= 11 is 0. The van der Waals surface area contributed by atoms with E-state index in [1.807, 2.05) is 0 Å². The van der Waals surface area contributed by atoms with Gasteiger partial charge in [-0.15, -0.1) is 0 Å². The quantitative estimate of drug-likeness (QED) is 0.642. The van der Waals surface area contributed by atoms with E-state index in [9.17, 15) is 4.79 Å². The average Bonchev–Trinajstić information content (AvgIpc) is 2.12. The van der Waals surface area contributed by atoms with Gasteiger partial charge in [-0.25, -0.2) is 4.79 Å². The van der Waals surface area contributed by atoms with Gasteiger partial charge in [0.05, 0.1) is 0 Å². The summed E-state index contributed by atoms with van der Waals surface area (Å²) in [5.41, 5.74) is 0. The van der Waals surface area contributed by atoms with Crippen molar-refractivity contribution in [2.75, 3.05) is 0 Å². The minimum Gasteiger partial charge on any atom is -0.479 e. The minimum atomic E-state index is -1.17. The lowest BCUT2D eigenvalue weighted by molar-refractivity contribution is -0.147. The van der Waals surface area contributed by atoms with E-state index in [0.29, 0.717) is 12.3 Å². The van der Waals surface area contributed by atoms with E-state index in [1.54, 1.807) is 0 Å². The summed E-state index contributed by atoms with van der Waals surface area (Å²) < 4.78 is 0. The number of aliphatic hydroxyl groups excluding tert-OH is 1. The van der Waals surface area contributed by atoms with E-state index < -0.39 is 12.1 Å². The molecule has 0 fully saturated rings. The van der Waals surface area contributed by atoms with Gasteiger partial charge in [-0.1, -0.05) is 33.1 Å². The third-order valence-corrected chi connectivity index (χ3v) is 2.53. The Morgan fingerprint density at radius 3 is 2.15 bits per heavy atom. The molecule has 0 saturated heterocycles. The summed E-state index contributed by atoms with van der Waals surface area (Å²) in [7, 11) is 0. The number of hydrogen-bond donors (Lipinski definition) is 2. The molecule has 2 N–H and O–H groups in total. The Morgan fingerprint density at radius 1 is 1.23 bits per heavy atom. The fraction of sp³-hybridized carbons (Fsp3) is 0.900. The Hall–Kier alpha value is -0.570. The van der Waals surface area contributed by atoms with Gasteiger partial charge in [0.25, 0.3) is 0 Å². The van der Waals surface area contributed by atoms with Crippen LogP contribution >= 0.6 is 0 Å². The third-order valence-electron chi connectivity index (χ3n) is 2.53. The maximum absolute atomic E-state index is 10.3. The molecule has 0 spiro atoms. The second kappa shape index (κ2) is 6.89. The van der Waals surface area contributed by atoms with Gasteiger partial charge >= 0.3 is 5.97 Å². The molecular formula is C10H20O3. The van der Waals surface area contributed by atoms with Crippen molar-refractivity contribution in [3.63, 3.8) is 0 Å². The van der Waals surface area contributed by atoms with Crippen molar-refractivity contribution in [1.29, 1.82) is 0 Å². The highest BCUT2D eigenvalue weighted by Crippen LogP contribution is 2.16. The predicted molar refractivity (Wildman–Crippen MR) is 51.6 cm³/mol. The molecule has 0 aliphatic heterocycles.